The number of hydrogen-bond donors (Lipinski definition) is 3. The van der Waals surface area contributed by atoms with Crippen molar-refractivity contribution in [2.75, 3.05) is 14.1 Å². The largest absolute Gasteiger partial charge is 0.355 e. The van der Waals surface area contributed by atoms with E-state index in [1.165, 1.54) is 0 Å². The summed E-state index contributed by atoms with van der Waals surface area (Å²) in [7, 11) is 3.34. The zero-order valence-corrected chi connectivity index (χ0v) is 14.5. The van der Waals surface area contributed by atoms with Crippen molar-refractivity contribution >= 4 is 23.5 Å². The van der Waals surface area contributed by atoms with Crippen molar-refractivity contribution < 1.29 is 4.79 Å². The van der Waals surface area contributed by atoms with Crippen molar-refractivity contribution in [2.24, 2.45) is 4.99 Å². The Morgan fingerprint density at radius 2 is 1.71 bits per heavy atom. The summed E-state index contributed by atoms with van der Waals surface area (Å²) in [6.45, 7) is 1.20. The van der Waals surface area contributed by atoms with Gasteiger partial charge >= 0.3 is 0 Å². The van der Waals surface area contributed by atoms with E-state index in [2.05, 4.69) is 20.9 Å². The molecule has 0 saturated carbocycles. The third-order valence-electron chi connectivity index (χ3n) is 3.53. The van der Waals surface area contributed by atoms with E-state index in [0.29, 0.717) is 24.6 Å². The van der Waals surface area contributed by atoms with Crippen molar-refractivity contribution in [3.05, 3.63) is 70.2 Å². The molecule has 1 amide bonds. The van der Waals surface area contributed by atoms with Crippen molar-refractivity contribution in [1.82, 2.24) is 16.0 Å². The fraction of sp³-hybridized carbons (Fsp3) is 0.222. The lowest BCUT2D eigenvalue weighted by Gasteiger charge is -2.13. The molecule has 0 saturated heterocycles. The van der Waals surface area contributed by atoms with Gasteiger partial charge in [0.15, 0.2) is 5.96 Å². The van der Waals surface area contributed by atoms with Crippen molar-refractivity contribution in [1.29, 1.82) is 0 Å². The number of carbonyl (C=O) groups excluding carboxylic acids is 1. The van der Waals surface area contributed by atoms with Crippen LogP contribution in [0.5, 0.6) is 0 Å². The van der Waals surface area contributed by atoms with Gasteiger partial charge in [-0.1, -0.05) is 41.9 Å². The highest BCUT2D eigenvalue weighted by atomic mass is 35.5. The minimum Gasteiger partial charge on any atom is -0.355 e. The fourth-order valence-corrected chi connectivity index (χ4v) is 2.35. The van der Waals surface area contributed by atoms with Gasteiger partial charge in [0.25, 0.3) is 5.91 Å². The Morgan fingerprint density at radius 1 is 1.04 bits per heavy atom. The lowest BCUT2D eigenvalue weighted by molar-refractivity contribution is 0.0963. The average Bonchev–Trinajstić information content (AvgIpc) is 2.63. The summed E-state index contributed by atoms with van der Waals surface area (Å²) in [4.78, 5) is 15.7. The number of hydrogen-bond acceptors (Lipinski definition) is 2. The maximum atomic E-state index is 11.5. The van der Waals surface area contributed by atoms with Crippen LogP contribution < -0.4 is 16.0 Å². The summed E-state index contributed by atoms with van der Waals surface area (Å²) < 4.78 is 0. The standard InChI is InChI=1S/C18H21ClN4O/c1-20-17(24)14-9-7-13(8-10-14)11-22-18(21-2)23-12-15-5-3-4-6-16(15)19/h3-10H,11-12H2,1-2H3,(H,20,24)(H2,21,22,23). The molecule has 6 heteroatoms. The highest BCUT2D eigenvalue weighted by molar-refractivity contribution is 6.31. The third-order valence-corrected chi connectivity index (χ3v) is 3.90. The predicted octanol–water partition coefficient (Wildman–Crippen LogP) is 2.56. The molecule has 0 unspecified atom stereocenters. The number of rotatable bonds is 5. The Hall–Kier alpha value is -2.53. The van der Waals surface area contributed by atoms with Crippen LogP contribution in [0.4, 0.5) is 0 Å². The van der Waals surface area contributed by atoms with Gasteiger partial charge in [0.1, 0.15) is 0 Å². The first-order valence-corrected chi connectivity index (χ1v) is 8.00. The van der Waals surface area contributed by atoms with E-state index in [0.717, 1.165) is 16.1 Å². The molecule has 0 aliphatic rings. The molecule has 126 valence electrons. The van der Waals surface area contributed by atoms with Gasteiger partial charge in [-0.05, 0) is 29.3 Å². The smallest absolute Gasteiger partial charge is 0.251 e. The van der Waals surface area contributed by atoms with Gasteiger partial charge in [-0.3, -0.25) is 9.79 Å². The van der Waals surface area contributed by atoms with Gasteiger partial charge in [0.2, 0.25) is 0 Å². The molecule has 5 nitrogen and oxygen atoms in total. The van der Waals surface area contributed by atoms with Gasteiger partial charge in [0, 0.05) is 37.8 Å². The second-order valence-corrected chi connectivity index (χ2v) is 5.55. The predicted molar refractivity (Wildman–Crippen MR) is 98.3 cm³/mol. The summed E-state index contributed by atoms with van der Waals surface area (Å²) in [5.74, 6) is 0.594. The Labute approximate surface area is 147 Å². The van der Waals surface area contributed by atoms with Crippen LogP contribution >= 0.6 is 11.6 Å². The lowest BCUT2D eigenvalue weighted by atomic mass is 10.1. The SMILES string of the molecule is CN=C(NCc1ccc(C(=O)NC)cc1)NCc1ccccc1Cl. The van der Waals surface area contributed by atoms with E-state index in [1.54, 1.807) is 26.2 Å². The molecule has 0 bridgehead atoms. The number of halogens is 1. The van der Waals surface area contributed by atoms with E-state index < -0.39 is 0 Å². The van der Waals surface area contributed by atoms with Crippen LogP contribution in [-0.2, 0) is 13.1 Å². The molecular weight excluding hydrogens is 324 g/mol. The highest BCUT2D eigenvalue weighted by Gasteiger charge is 2.04. The van der Waals surface area contributed by atoms with Crippen LogP contribution in [0.1, 0.15) is 21.5 Å². The van der Waals surface area contributed by atoms with Gasteiger partial charge in [-0.15, -0.1) is 0 Å². The van der Waals surface area contributed by atoms with E-state index in [4.69, 9.17) is 11.6 Å². The zero-order valence-electron chi connectivity index (χ0n) is 13.8. The Balaban J connectivity index is 1.87. The molecule has 0 heterocycles. The summed E-state index contributed by atoms with van der Waals surface area (Å²) in [6, 6.07) is 15.1. The molecule has 2 aromatic carbocycles. The number of carbonyl (C=O) groups is 1. The molecular formula is C18H21ClN4O. The van der Waals surface area contributed by atoms with Crippen LogP contribution in [0, 0.1) is 0 Å². The number of amides is 1. The normalized spacial score (nSPS) is 11.0. The molecule has 2 rings (SSSR count). The second-order valence-electron chi connectivity index (χ2n) is 5.15. The Morgan fingerprint density at radius 3 is 2.33 bits per heavy atom. The van der Waals surface area contributed by atoms with Crippen LogP contribution in [0.3, 0.4) is 0 Å². The van der Waals surface area contributed by atoms with Crippen molar-refractivity contribution in [3.8, 4) is 0 Å². The zero-order chi connectivity index (χ0) is 17.4. The highest BCUT2D eigenvalue weighted by Crippen LogP contribution is 2.14. The Kier molecular flexibility index (Phi) is 6.63. The monoisotopic (exact) mass is 344 g/mol. The topological polar surface area (TPSA) is 65.5 Å². The van der Waals surface area contributed by atoms with Crippen LogP contribution in [0.15, 0.2) is 53.5 Å². The molecule has 2 aromatic rings. The van der Waals surface area contributed by atoms with E-state index >= 15 is 0 Å². The minimum atomic E-state index is -0.0910. The van der Waals surface area contributed by atoms with Crippen LogP contribution in [-0.4, -0.2) is 26.0 Å². The van der Waals surface area contributed by atoms with Crippen molar-refractivity contribution in [2.45, 2.75) is 13.1 Å². The number of nitrogens with one attached hydrogen (secondary N) is 3. The quantitative estimate of drug-likeness (QED) is 0.577. The maximum absolute atomic E-state index is 11.5. The second kappa shape index (κ2) is 8.93. The molecule has 0 aliphatic carbocycles. The molecule has 0 atom stereocenters. The third kappa shape index (κ3) is 4.99. The van der Waals surface area contributed by atoms with E-state index in [1.807, 2.05) is 36.4 Å². The lowest BCUT2D eigenvalue weighted by Crippen LogP contribution is -2.36. The first-order chi connectivity index (χ1) is 11.6. The van der Waals surface area contributed by atoms with Crippen molar-refractivity contribution in [3.63, 3.8) is 0 Å². The first kappa shape index (κ1) is 17.8. The van der Waals surface area contributed by atoms with Gasteiger partial charge in [0.05, 0.1) is 0 Å². The van der Waals surface area contributed by atoms with Gasteiger partial charge in [-0.2, -0.15) is 0 Å². The number of nitrogens with zero attached hydrogens (tertiary/aromatic N) is 1. The van der Waals surface area contributed by atoms with Crippen LogP contribution in [0.2, 0.25) is 5.02 Å². The molecule has 0 spiro atoms. The summed E-state index contributed by atoms with van der Waals surface area (Å²) in [5.41, 5.74) is 2.71. The first-order valence-electron chi connectivity index (χ1n) is 7.63. The summed E-state index contributed by atoms with van der Waals surface area (Å²) in [6.07, 6.45) is 0. The number of aliphatic imine (C=N–C) groups is 1. The molecule has 0 aromatic heterocycles. The molecule has 0 aliphatic heterocycles. The minimum absolute atomic E-state index is 0.0910. The summed E-state index contributed by atoms with van der Waals surface area (Å²) in [5, 5.41) is 9.79. The molecule has 24 heavy (non-hydrogen) atoms. The van der Waals surface area contributed by atoms with E-state index in [-0.39, 0.29) is 5.91 Å². The maximum Gasteiger partial charge on any atom is 0.251 e. The number of benzene rings is 2. The van der Waals surface area contributed by atoms with Gasteiger partial charge in [-0.25, -0.2) is 0 Å². The summed E-state index contributed by atoms with van der Waals surface area (Å²) >= 11 is 6.14. The molecule has 3 N–H and O–H groups in total. The molecule has 0 fully saturated rings. The van der Waals surface area contributed by atoms with Gasteiger partial charge < -0.3 is 16.0 Å². The molecule has 0 radical (unpaired) electrons. The van der Waals surface area contributed by atoms with E-state index in [9.17, 15) is 4.79 Å². The number of guanidine groups is 1. The van der Waals surface area contributed by atoms with Crippen LogP contribution in [0.25, 0.3) is 0 Å². The fourth-order valence-electron chi connectivity index (χ4n) is 2.15. The Bertz CT molecular complexity index is 713. The average molecular weight is 345 g/mol.